The molecule has 2 aliphatic rings. The average molecular weight is 439 g/mol. The first kappa shape index (κ1) is 21.0. The molecule has 162 valence electrons. The van der Waals surface area contributed by atoms with Crippen LogP contribution in [0.2, 0.25) is 0 Å². The van der Waals surface area contributed by atoms with Gasteiger partial charge in [0, 0.05) is 36.8 Å². The average Bonchev–Trinajstić information content (AvgIpc) is 3.22. The van der Waals surface area contributed by atoms with E-state index in [2.05, 4.69) is 28.7 Å². The van der Waals surface area contributed by atoms with Crippen LogP contribution in [0.5, 0.6) is 0 Å². The third kappa shape index (κ3) is 4.26. The van der Waals surface area contributed by atoms with Crippen LogP contribution in [0.1, 0.15) is 48.2 Å². The van der Waals surface area contributed by atoms with Gasteiger partial charge < -0.3 is 15.1 Å². The first-order valence-electron chi connectivity index (χ1n) is 10.3. The zero-order valence-corrected chi connectivity index (χ0v) is 17.6. The van der Waals surface area contributed by atoms with Crippen molar-refractivity contribution in [2.24, 2.45) is 0 Å². The van der Waals surface area contributed by atoms with Gasteiger partial charge in [-0.2, -0.15) is 13.2 Å². The summed E-state index contributed by atoms with van der Waals surface area (Å²) >= 11 is 1.76. The van der Waals surface area contributed by atoms with E-state index in [1.54, 1.807) is 11.3 Å². The van der Waals surface area contributed by atoms with E-state index >= 15 is 0 Å². The van der Waals surface area contributed by atoms with Crippen LogP contribution in [0.3, 0.4) is 0 Å². The van der Waals surface area contributed by atoms with Gasteiger partial charge in [0.15, 0.2) is 0 Å². The molecule has 0 saturated carbocycles. The number of nitrogens with one attached hydrogen (secondary N) is 1. The number of carbonyl (C=O) groups is 1. The van der Waals surface area contributed by atoms with E-state index in [4.69, 9.17) is 0 Å². The topological polar surface area (TPSA) is 48.5 Å². The SMILES string of the molecule is CCC1c2ccsc2CCN1C(=O)NC1CCN(c2ccc(C(F)(F)F)cn2)CC1. The number of urea groups is 1. The minimum absolute atomic E-state index is 0.0233. The smallest absolute Gasteiger partial charge is 0.356 e. The second-order valence-electron chi connectivity index (χ2n) is 7.78. The number of pyridine rings is 1. The monoisotopic (exact) mass is 438 g/mol. The second-order valence-corrected chi connectivity index (χ2v) is 8.78. The Morgan fingerprint density at radius 2 is 2.00 bits per heavy atom. The van der Waals surface area contributed by atoms with Crippen LogP contribution in [0.4, 0.5) is 23.8 Å². The Kier molecular flexibility index (Phi) is 5.90. The summed E-state index contributed by atoms with van der Waals surface area (Å²) in [5.41, 5.74) is 0.529. The molecule has 2 aromatic rings. The maximum atomic E-state index is 12.9. The maximum Gasteiger partial charge on any atom is 0.417 e. The Morgan fingerprint density at radius 1 is 1.23 bits per heavy atom. The molecule has 1 atom stereocenters. The van der Waals surface area contributed by atoms with Gasteiger partial charge in [0.1, 0.15) is 5.82 Å². The molecule has 9 heteroatoms. The van der Waals surface area contributed by atoms with Crippen molar-refractivity contribution in [2.45, 2.75) is 50.9 Å². The number of rotatable bonds is 3. The molecule has 0 radical (unpaired) electrons. The van der Waals surface area contributed by atoms with Crippen molar-refractivity contribution in [1.29, 1.82) is 0 Å². The number of thiophene rings is 1. The molecular weight excluding hydrogens is 413 g/mol. The van der Waals surface area contributed by atoms with Crippen molar-refractivity contribution in [3.8, 4) is 0 Å². The van der Waals surface area contributed by atoms with Gasteiger partial charge in [0.05, 0.1) is 11.6 Å². The maximum absolute atomic E-state index is 12.9. The lowest BCUT2D eigenvalue weighted by Gasteiger charge is -2.38. The highest BCUT2D eigenvalue weighted by molar-refractivity contribution is 7.10. The quantitative estimate of drug-likeness (QED) is 0.745. The first-order valence-corrected chi connectivity index (χ1v) is 11.2. The lowest BCUT2D eigenvalue weighted by molar-refractivity contribution is -0.137. The van der Waals surface area contributed by atoms with Gasteiger partial charge in [0.2, 0.25) is 0 Å². The van der Waals surface area contributed by atoms with Gasteiger partial charge in [-0.05, 0) is 54.8 Å². The van der Waals surface area contributed by atoms with Crippen LogP contribution in [-0.4, -0.2) is 41.6 Å². The predicted molar refractivity (Wildman–Crippen MR) is 111 cm³/mol. The Morgan fingerprint density at radius 3 is 2.63 bits per heavy atom. The predicted octanol–water partition coefficient (Wildman–Crippen LogP) is 4.85. The van der Waals surface area contributed by atoms with Gasteiger partial charge >= 0.3 is 12.2 Å². The Labute approximate surface area is 177 Å². The van der Waals surface area contributed by atoms with E-state index in [0.717, 1.165) is 44.5 Å². The van der Waals surface area contributed by atoms with Crippen LogP contribution >= 0.6 is 11.3 Å². The second kappa shape index (κ2) is 8.45. The van der Waals surface area contributed by atoms with Crippen LogP contribution in [-0.2, 0) is 12.6 Å². The lowest BCUT2D eigenvalue weighted by atomic mass is 9.98. The van der Waals surface area contributed by atoms with Crippen molar-refractivity contribution < 1.29 is 18.0 Å². The molecular formula is C21H25F3N4OS. The molecule has 0 aromatic carbocycles. The lowest BCUT2D eigenvalue weighted by Crippen LogP contribution is -2.51. The summed E-state index contributed by atoms with van der Waals surface area (Å²) in [5.74, 6) is 0.542. The molecule has 30 heavy (non-hydrogen) atoms. The molecule has 4 heterocycles. The first-order chi connectivity index (χ1) is 14.4. The summed E-state index contributed by atoms with van der Waals surface area (Å²) in [4.78, 5) is 22.2. The number of nitrogens with zero attached hydrogens (tertiary/aromatic N) is 3. The molecule has 1 saturated heterocycles. The fourth-order valence-electron chi connectivity index (χ4n) is 4.33. The normalized spacial score (nSPS) is 20.2. The summed E-state index contributed by atoms with van der Waals surface area (Å²) in [6.07, 6.45) is -0.240. The highest BCUT2D eigenvalue weighted by Gasteiger charge is 2.33. The summed E-state index contributed by atoms with van der Waals surface area (Å²) in [6.45, 7) is 4.13. The molecule has 5 nitrogen and oxygen atoms in total. The summed E-state index contributed by atoms with van der Waals surface area (Å²) in [6, 6.07) is 4.77. The highest BCUT2D eigenvalue weighted by Crippen LogP contribution is 2.35. The fourth-order valence-corrected chi connectivity index (χ4v) is 5.26. The number of hydrogen-bond donors (Lipinski definition) is 1. The minimum Gasteiger partial charge on any atom is -0.356 e. The Balaban J connectivity index is 1.32. The third-order valence-corrected chi connectivity index (χ3v) is 6.96. The van der Waals surface area contributed by atoms with Gasteiger partial charge in [0.25, 0.3) is 0 Å². The molecule has 4 rings (SSSR count). The van der Waals surface area contributed by atoms with Crippen LogP contribution in [0.25, 0.3) is 0 Å². The molecule has 2 aromatic heterocycles. The number of alkyl halides is 3. The number of carbonyl (C=O) groups excluding carboxylic acids is 1. The number of aromatic nitrogens is 1. The zero-order valence-electron chi connectivity index (χ0n) is 16.8. The van der Waals surface area contributed by atoms with E-state index in [0.29, 0.717) is 18.9 Å². The van der Waals surface area contributed by atoms with Crippen molar-refractivity contribution in [3.63, 3.8) is 0 Å². The van der Waals surface area contributed by atoms with Gasteiger partial charge in [-0.3, -0.25) is 0 Å². The number of anilines is 1. The van der Waals surface area contributed by atoms with Crippen molar-refractivity contribution in [1.82, 2.24) is 15.2 Å². The molecule has 1 unspecified atom stereocenters. The van der Waals surface area contributed by atoms with Crippen molar-refractivity contribution in [2.75, 3.05) is 24.5 Å². The molecule has 2 aliphatic heterocycles. The standard InChI is InChI=1S/C21H25F3N4OS/c1-2-17-16-8-12-30-18(16)7-11-28(17)20(29)26-15-5-9-27(10-6-15)19-4-3-14(13-25-19)21(22,23)24/h3-4,8,12-13,15,17H,2,5-7,9-11H2,1H3,(H,26,29). The van der Waals surface area contributed by atoms with Gasteiger partial charge in [-0.1, -0.05) is 6.92 Å². The van der Waals surface area contributed by atoms with E-state index in [9.17, 15) is 18.0 Å². The number of piperidine rings is 1. The third-order valence-electron chi connectivity index (χ3n) is 5.96. The zero-order chi connectivity index (χ0) is 21.3. The molecule has 1 fully saturated rings. The van der Waals surface area contributed by atoms with Gasteiger partial charge in [-0.25, -0.2) is 9.78 Å². The van der Waals surface area contributed by atoms with Crippen molar-refractivity contribution in [3.05, 3.63) is 45.8 Å². The van der Waals surface area contributed by atoms with Crippen LogP contribution in [0, 0.1) is 0 Å². The summed E-state index contributed by atoms with van der Waals surface area (Å²) in [7, 11) is 0. The number of fused-ring (bicyclic) bond motifs is 1. The van der Waals surface area contributed by atoms with Crippen LogP contribution < -0.4 is 10.2 Å². The van der Waals surface area contributed by atoms with E-state index in [-0.39, 0.29) is 18.1 Å². The Hall–Kier alpha value is -2.29. The summed E-state index contributed by atoms with van der Waals surface area (Å²) < 4.78 is 38.1. The highest BCUT2D eigenvalue weighted by atomic mass is 32.1. The largest absolute Gasteiger partial charge is 0.417 e. The molecule has 0 spiro atoms. The summed E-state index contributed by atoms with van der Waals surface area (Å²) in [5, 5.41) is 5.27. The Bertz CT molecular complexity index is 875. The van der Waals surface area contributed by atoms with Crippen molar-refractivity contribution >= 4 is 23.2 Å². The van der Waals surface area contributed by atoms with E-state index < -0.39 is 11.7 Å². The molecule has 0 bridgehead atoms. The molecule has 1 N–H and O–H groups in total. The molecule has 0 aliphatic carbocycles. The number of amides is 2. The van der Waals surface area contributed by atoms with E-state index in [1.165, 1.54) is 16.5 Å². The fraction of sp³-hybridized carbons (Fsp3) is 0.524. The van der Waals surface area contributed by atoms with Crippen LogP contribution in [0.15, 0.2) is 29.8 Å². The number of hydrogen-bond acceptors (Lipinski definition) is 4. The number of halogens is 3. The molecule has 2 amide bonds. The van der Waals surface area contributed by atoms with Gasteiger partial charge in [-0.15, -0.1) is 11.3 Å². The minimum atomic E-state index is -4.38. The van der Waals surface area contributed by atoms with E-state index in [1.807, 2.05) is 9.80 Å².